The van der Waals surface area contributed by atoms with Gasteiger partial charge in [0.15, 0.2) is 11.4 Å². The van der Waals surface area contributed by atoms with Crippen molar-refractivity contribution in [2.75, 3.05) is 13.1 Å². The number of nitrogens with two attached hydrogens (primary N) is 1. The van der Waals surface area contributed by atoms with Crippen LogP contribution >= 0.6 is 0 Å². The summed E-state index contributed by atoms with van der Waals surface area (Å²) in [7, 11) is 0. The second-order valence-corrected chi connectivity index (χ2v) is 11.0. The van der Waals surface area contributed by atoms with Gasteiger partial charge in [0.25, 0.3) is 5.91 Å². The molecule has 0 aliphatic heterocycles. The summed E-state index contributed by atoms with van der Waals surface area (Å²) >= 11 is 0. The summed E-state index contributed by atoms with van der Waals surface area (Å²) in [5.74, 6) is -8.02. The fraction of sp³-hybridized carbons (Fsp3) is 0.500. The average Bonchev–Trinajstić information content (AvgIpc) is 2.78. The van der Waals surface area contributed by atoms with Crippen molar-refractivity contribution in [3.05, 3.63) is 51.2 Å². The summed E-state index contributed by atoms with van der Waals surface area (Å²) in [5.41, 5.74) is 1.09. The van der Waals surface area contributed by atoms with Crippen molar-refractivity contribution in [3.63, 3.8) is 0 Å². The highest BCUT2D eigenvalue weighted by molar-refractivity contribution is 6.24. The van der Waals surface area contributed by atoms with Crippen LogP contribution in [0.15, 0.2) is 28.7 Å². The summed E-state index contributed by atoms with van der Waals surface area (Å²) in [4.78, 5) is 38.2. The fourth-order valence-corrected chi connectivity index (χ4v) is 5.58. The predicted molar refractivity (Wildman–Crippen MR) is 130 cm³/mol. The second kappa shape index (κ2) is 9.23. The Balaban J connectivity index is 1.68. The topological polar surface area (TPSA) is 182 Å². The number of nitrogens with one attached hydrogen (secondary N) is 2. The Labute approximate surface area is 213 Å². The van der Waals surface area contributed by atoms with E-state index in [0.29, 0.717) is 13.1 Å². The standard InChI is InChI=1S/C26H32FN3O7/c1-25(2,3)30-5-4-29-10-12-8-15(27)14-7-11-6-13-9-16(31)19(24(28)36)23(35)26(13,37)22(34)17(11)21(33)18(14)20(12)32/h8,11,13,29-32,34,37H,4-7,9-10H2,1-3H3,(H2,28,36)/t11?,13-,26-/m0/s1. The molecule has 0 fully saturated rings. The van der Waals surface area contributed by atoms with Gasteiger partial charge in [-0.1, -0.05) is 0 Å². The summed E-state index contributed by atoms with van der Waals surface area (Å²) in [6, 6.07) is 1.16. The molecule has 10 nitrogen and oxygen atoms in total. The molecule has 1 aromatic rings. The van der Waals surface area contributed by atoms with Gasteiger partial charge < -0.3 is 36.8 Å². The van der Waals surface area contributed by atoms with E-state index < -0.39 is 63.6 Å². The first-order valence-corrected chi connectivity index (χ1v) is 12.1. The quantitative estimate of drug-likeness (QED) is 0.215. The zero-order valence-electron chi connectivity index (χ0n) is 20.9. The van der Waals surface area contributed by atoms with E-state index in [-0.39, 0.29) is 53.6 Å². The van der Waals surface area contributed by atoms with Gasteiger partial charge in [-0.2, -0.15) is 0 Å². The van der Waals surface area contributed by atoms with Crippen LogP contribution in [0.3, 0.4) is 0 Å². The van der Waals surface area contributed by atoms with E-state index in [2.05, 4.69) is 10.6 Å². The summed E-state index contributed by atoms with van der Waals surface area (Å²) < 4.78 is 15.2. The Hall–Kier alpha value is -3.28. The molecule has 0 heterocycles. The minimum absolute atomic E-state index is 0.0210. The molecule has 0 aromatic heterocycles. The van der Waals surface area contributed by atoms with Gasteiger partial charge in [0.1, 0.15) is 28.7 Å². The first-order chi connectivity index (χ1) is 17.2. The van der Waals surface area contributed by atoms with Gasteiger partial charge in [0, 0.05) is 54.2 Å². The molecule has 37 heavy (non-hydrogen) atoms. The monoisotopic (exact) mass is 517 g/mol. The number of hydrogen-bond donors (Lipinski definition) is 7. The van der Waals surface area contributed by atoms with Gasteiger partial charge in [0.2, 0.25) is 5.78 Å². The Morgan fingerprint density at radius 2 is 1.86 bits per heavy atom. The molecule has 200 valence electrons. The Bertz CT molecular complexity index is 1260. The molecule has 1 amide bonds. The van der Waals surface area contributed by atoms with Crippen LogP contribution in [0.5, 0.6) is 5.75 Å². The smallest absolute Gasteiger partial charge is 0.255 e. The van der Waals surface area contributed by atoms with Crippen molar-refractivity contribution >= 4 is 17.5 Å². The zero-order valence-corrected chi connectivity index (χ0v) is 20.9. The average molecular weight is 518 g/mol. The van der Waals surface area contributed by atoms with Crippen LogP contribution in [0, 0.1) is 17.7 Å². The zero-order chi connectivity index (χ0) is 27.4. The molecular formula is C26H32FN3O7. The molecule has 1 unspecified atom stereocenters. The molecule has 0 bridgehead atoms. The lowest BCUT2D eigenvalue weighted by atomic mass is 9.60. The number of Topliss-reactive ketones (excluding diaryl/α,β-unsaturated/α-hetero) is 2. The molecule has 0 saturated carbocycles. The van der Waals surface area contributed by atoms with Crippen molar-refractivity contribution < 1.29 is 39.2 Å². The number of ketones is 2. The maximum Gasteiger partial charge on any atom is 0.255 e. The van der Waals surface area contributed by atoms with Crippen LogP contribution in [0.2, 0.25) is 0 Å². The summed E-state index contributed by atoms with van der Waals surface area (Å²) in [5, 5.41) is 49.8. The Morgan fingerprint density at radius 1 is 1.19 bits per heavy atom. The van der Waals surface area contributed by atoms with Crippen LogP contribution in [-0.2, 0) is 22.6 Å². The molecule has 0 spiro atoms. The number of hydrogen-bond acceptors (Lipinski definition) is 9. The Kier molecular flexibility index (Phi) is 6.68. The predicted octanol–water partition coefficient (Wildman–Crippen LogP) is 1.20. The first kappa shape index (κ1) is 26.8. The van der Waals surface area contributed by atoms with Crippen LogP contribution in [0.25, 0.3) is 0 Å². The van der Waals surface area contributed by atoms with E-state index in [1.165, 1.54) is 0 Å². The number of carbonyl (C=O) groups excluding carboxylic acids is 3. The van der Waals surface area contributed by atoms with Crippen molar-refractivity contribution in [1.82, 2.24) is 10.6 Å². The van der Waals surface area contributed by atoms with Crippen LogP contribution in [-0.4, -0.2) is 62.1 Å². The second-order valence-electron chi connectivity index (χ2n) is 11.0. The molecular weight excluding hydrogens is 485 g/mol. The minimum atomic E-state index is -2.65. The molecule has 8 N–H and O–H groups in total. The molecule has 1 aromatic carbocycles. The highest BCUT2D eigenvalue weighted by atomic mass is 19.1. The SMILES string of the molecule is CC(C)(C)NCCNCc1cc(F)c2c(c1O)C(=O)C1=C(O)[C@]3(O)C(=O)C(C(N)=O)=C(O)C[C@@H]3CC1C2. The number of benzene rings is 1. The van der Waals surface area contributed by atoms with Gasteiger partial charge in [-0.25, -0.2) is 4.39 Å². The normalized spacial score (nSPS) is 25.6. The lowest BCUT2D eigenvalue weighted by Crippen LogP contribution is -2.57. The van der Waals surface area contributed by atoms with Crippen molar-refractivity contribution in [2.45, 2.75) is 57.7 Å². The Morgan fingerprint density at radius 3 is 2.49 bits per heavy atom. The highest BCUT2D eigenvalue weighted by Crippen LogP contribution is 2.51. The number of allylic oxidation sites excluding steroid dienone is 2. The number of aliphatic hydroxyl groups is 3. The lowest BCUT2D eigenvalue weighted by Gasteiger charge is -2.45. The first-order valence-electron chi connectivity index (χ1n) is 12.1. The van der Waals surface area contributed by atoms with Crippen LogP contribution in [0.1, 0.15) is 55.1 Å². The number of fused-ring (bicyclic) bond motifs is 3. The van der Waals surface area contributed by atoms with E-state index in [4.69, 9.17) is 5.73 Å². The van der Waals surface area contributed by atoms with Gasteiger partial charge >= 0.3 is 0 Å². The van der Waals surface area contributed by atoms with Crippen molar-refractivity contribution in [2.24, 2.45) is 17.6 Å². The number of phenolic OH excluding ortho intramolecular Hbond substituents is 1. The van der Waals surface area contributed by atoms with E-state index in [1.807, 2.05) is 20.8 Å². The lowest BCUT2D eigenvalue weighted by molar-refractivity contribution is -0.144. The summed E-state index contributed by atoms with van der Waals surface area (Å²) in [6.45, 7) is 7.23. The third kappa shape index (κ3) is 4.41. The number of phenols is 1. The number of carbonyl (C=O) groups is 3. The van der Waals surface area contributed by atoms with Crippen LogP contribution < -0.4 is 16.4 Å². The molecule has 3 aliphatic carbocycles. The van der Waals surface area contributed by atoms with Gasteiger partial charge in [-0.05, 0) is 45.6 Å². The molecule has 3 aliphatic rings. The van der Waals surface area contributed by atoms with E-state index in [9.17, 15) is 34.8 Å². The number of halogens is 1. The molecule has 0 radical (unpaired) electrons. The van der Waals surface area contributed by atoms with Gasteiger partial charge in [0.05, 0.1) is 5.56 Å². The summed E-state index contributed by atoms with van der Waals surface area (Å²) in [6.07, 6.45) is -0.456. The number of aliphatic hydroxyl groups excluding tert-OH is 2. The molecule has 3 atom stereocenters. The van der Waals surface area contributed by atoms with E-state index in [0.717, 1.165) is 6.07 Å². The number of aromatic hydroxyl groups is 1. The fourth-order valence-electron chi connectivity index (χ4n) is 5.58. The third-order valence-corrected chi connectivity index (χ3v) is 7.36. The minimum Gasteiger partial charge on any atom is -0.511 e. The molecule has 11 heteroatoms. The maximum atomic E-state index is 15.2. The number of rotatable bonds is 6. The molecule has 4 rings (SSSR count). The molecule has 0 saturated heterocycles. The number of amides is 1. The van der Waals surface area contributed by atoms with E-state index >= 15 is 4.39 Å². The maximum absolute atomic E-state index is 15.2. The third-order valence-electron chi connectivity index (χ3n) is 7.36. The van der Waals surface area contributed by atoms with Crippen molar-refractivity contribution in [1.29, 1.82) is 0 Å². The number of primary amides is 1. The highest BCUT2D eigenvalue weighted by Gasteiger charge is 2.59. The van der Waals surface area contributed by atoms with Gasteiger partial charge in [-0.3, -0.25) is 14.4 Å². The van der Waals surface area contributed by atoms with Gasteiger partial charge in [-0.15, -0.1) is 0 Å². The van der Waals surface area contributed by atoms with E-state index in [1.54, 1.807) is 0 Å². The van der Waals surface area contributed by atoms with Crippen molar-refractivity contribution in [3.8, 4) is 5.75 Å². The largest absolute Gasteiger partial charge is 0.511 e. The van der Waals surface area contributed by atoms with Crippen LogP contribution in [0.4, 0.5) is 4.39 Å².